The molecule has 0 fully saturated rings. The number of rotatable bonds is 4. The van der Waals surface area contributed by atoms with Crippen LogP contribution in [0.15, 0.2) is 47.1 Å². The topological polar surface area (TPSA) is 54.0 Å². The molecule has 1 aromatic heterocycles. The van der Waals surface area contributed by atoms with Gasteiger partial charge in [0.1, 0.15) is 5.82 Å². The van der Waals surface area contributed by atoms with Crippen molar-refractivity contribution in [1.82, 2.24) is 10.3 Å². The lowest BCUT2D eigenvalue weighted by Gasteiger charge is -2.06. The van der Waals surface area contributed by atoms with Gasteiger partial charge in [-0.15, -0.1) is 0 Å². The minimum atomic E-state index is -0.0749. The van der Waals surface area contributed by atoms with Crippen LogP contribution >= 0.6 is 15.9 Å². The molecule has 2 N–H and O–H groups in total. The molecule has 0 spiro atoms. The van der Waals surface area contributed by atoms with E-state index in [0.29, 0.717) is 12.1 Å². The van der Waals surface area contributed by atoms with E-state index in [9.17, 15) is 4.79 Å². The fourth-order valence-electron chi connectivity index (χ4n) is 1.59. The molecule has 0 saturated carbocycles. The Bertz CT molecular complexity index is 552. The Balaban J connectivity index is 1.96. The summed E-state index contributed by atoms with van der Waals surface area (Å²) < 4.78 is 0.952. The van der Waals surface area contributed by atoms with Crippen molar-refractivity contribution < 1.29 is 4.79 Å². The highest BCUT2D eigenvalue weighted by Crippen LogP contribution is 2.12. The number of amides is 1. The fourth-order valence-corrected chi connectivity index (χ4v) is 1.83. The van der Waals surface area contributed by atoms with Crippen LogP contribution in [0.5, 0.6) is 0 Å². The molecule has 0 aliphatic carbocycles. The molecule has 19 heavy (non-hydrogen) atoms. The van der Waals surface area contributed by atoms with Gasteiger partial charge in [-0.25, -0.2) is 4.98 Å². The van der Waals surface area contributed by atoms with E-state index >= 15 is 0 Å². The van der Waals surface area contributed by atoms with Crippen LogP contribution in [0.3, 0.4) is 0 Å². The number of benzene rings is 1. The van der Waals surface area contributed by atoms with Gasteiger partial charge >= 0.3 is 0 Å². The predicted octanol–water partition coefficient (Wildman–Crippen LogP) is 2.82. The zero-order chi connectivity index (χ0) is 13.7. The van der Waals surface area contributed by atoms with Crippen LogP contribution < -0.4 is 10.6 Å². The van der Waals surface area contributed by atoms with Crippen molar-refractivity contribution in [2.75, 3.05) is 12.4 Å². The van der Waals surface area contributed by atoms with Crippen LogP contribution in [0.4, 0.5) is 5.82 Å². The Morgan fingerprint density at radius 2 is 1.95 bits per heavy atom. The van der Waals surface area contributed by atoms with Crippen LogP contribution in [0.25, 0.3) is 0 Å². The van der Waals surface area contributed by atoms with E-state index in [1.807, 2.05) is 36.4 Å². The molecule has 0 saturated heterocycles. The van der Waals surface area contributed by atoms with Crippen molar-refractivity contribution in [3.05, 3.63) is 58.2 Å². The Morgan fingerprint density at radius 3 is 2.53 bits per heavy atom. The van der Waals surface area contributed by atoms with Crippen molar-refractivity contribution in [3.63, 3.8) is 0 Å². The highest BCUT2D eigenvalue weighted by Gasteiger charge is 2.02. The number of anilines is 1. The first-order chi connectivity index (χ1) is 9.19. The lowest BCUT2D eigenvalue weighted by molar-refractivity contribution is 0.0963. The molecular weight excluding hydrogens is 306 g/mol. The average molecular weight is 320 g/mol. The van der Waals surface area contributed by atoms with Gasteiger partial charge < -0.3 is 10.6 Å². The zero-order valence-electron chi connectivity index (χ0n) is 10.5. The summed E-state index contributed by atoms with van der Waals surface area (Å²) in [5.41, 5.74) is 1.75. The summed E-state index contributed by atoms with van der Waals surface area (Å²) >= 11 is 3.34. The molecule has 4 nitrogen and oxygen atoms in total. The SMILES string of the molecule is CNC(=O)c1ccc(CNc2ccc(Br)cn2)cc1. The molecule has 0 unspecified atom stereocenters. The summed E-state index contributed by atoms with van der Waals surface area (Å²) in [6, 6.07) is 11.3. The van der Waals surface area contributed by atoms with Gasteiger partial charge in [0.15, 0.2) is 0 Å². The highest BCUT2D eigenvalue weighted by atomic mass is 79.9. The zero-order valence-corrected chi connectivity index (χ0v) is 12.1. The number of pyridine rings is 1. The van der Waals surface area contributed by atoms with Gasteiger partial charge in [-0.2, -0.15) is 0 Å². The van der Waals surface area contributed by atoms with Crippen LogP contribution in [0.2, 0.25) is 0 Å². The first kappa shape index (κ1) is 13.5. The molecule has 1 aromatic carbocycles. The Hall–Kier alpha value is -1.88. The third kappa shape index (κ3) is 3.79. The number of hydrogen-bond acceptors (Lipinski definition) is 3. The summed E-state index contributed by atoms with van der Waals surface area (Å²) in [5, 5.41) is 5.81. The van der Waals surface area contributed by atoms with Crippen LogP contribution in [-0.4, -0.2) is 17.9 Å². The summed E-state index contributed by atoms with van der Waals surface area (Å²) in [4.78, 5) is 15.6. The molecule has 5 heteroatoms. The smallest absolute Gasteiger partial charge is 0.251 e. The van der Waals surface area contributed by atoms with Gasteiger partial charge in [-0.1, -0.05) is 12.1 Å². The van der Waals surface area contributed by atoms with Gasteiger partial charge in [0, 0.05) is 29.8 Å². The number of aromatic nitrogens is 1. The minimum Gasteiger partial charge on any atom is -0.366 e. The molecule has 2 rings (SSSR count). The van der Waals surface area contributed by atoms with E-state index in [1.165, 1.54) is 0 Å². The third-order valence-electron chi connectivity index (χ3n) is 2.64. The van der Waals surface area contributed by atoms with Gasteiger partial charge in [0.2, 0.25) is 0 Å². The van der Waals surface area contributed by atoms with Crippen molar-refractivity contribution in [2.45, 2.75) is 6.54 Å². The second-order valence-corrected chi connectivity index (χ2v) is 4.91. The monoisotopic (exact) mass is 319 g/mol. The van der Waals surface area contributed by atoms with E-state index in [0.717, 1.165) is 15.9 Å². The van der Waals surface area contributed by atoms with E-state index in [2.05, 4.69) is 31.5 Å². The second-order valence-electron chi connectivity index (χ2n) is 3.99. The maximum Gasteiger partial charge on any atom is 0.251 e. The number of nitrogens with one attached hydrogen (secondary N) is 2. The first-order valence-electron chi connectivity index (χ1n) is 5.85. The van der Waals surface area contributed by atoms with Gasteiger partial charge in [0.25, 0.3) is 5.91 Å². The Labute approximate surface area is 120 Å². The summed E-state index contributed by atoms with van der Waals surface area (Å²) in [6.45, 7) is 0.669. The van der Waals surface area contributed by atoms with Gasteiger partial charge in [0.05, 0.1) is 0 Å². The number of carbonyl (C=O) groups excluding carboxylic acids is 1. The van der Waals surface area contributed by atoms with Gasteiger partial charge in [-0.05, 0) is 45.8 Å². The maximum atomic E-state index is 11.4. The fraction of sp³-hybridized carbons (Fsp3) is 0.143. The molecule has 0 aliphatic heterocycles. The highest BCUT2D eigenvalue weighted by molar-refractivity contribution is 9.10. The quantitative estimate of drug-likeness (QED) is 0.911. The Kier molecular flexibility index (Phi) is 4.52. The van der Waals surface area contributed by atoms with E-state index in [-0.39, 0.29) is 5.91 Å². The molecule has 98 valence electrons. The van der Waals surface area contributed by atoms with E-state index in [4.69, 9.17) is 0 Å². The number of nitrogens with zero attached hydrogens (tertiary/aromatic N) is 1. The second kappa shape index (κ2) is 6.33. The number of halogens is 1. The third-order valence-corrected chi connectivity index (χ3v) is 3.11. The van der Waals surface area contributed by atoms with Crippen LogP contribution in [-0.2, 0) is 6.54 Å². The molecule has 0 bridgehead atoms. The lowest BCUT2D eigenvalue weighted by Crippen LogP contribution is -2.17. The maximum absolute atomic E-state index is 11.4. The summed E-state index contributed by atoms with van der Waals surface area (Å²) in [7, 11) is 1.62. The van der Waals surface area contributed by atoms with Gasteiger partial charge in [-0.3, -0.25) is 4.79 Å². The van der Waals surface area contributed by atoms with Crippen molar-refractivity contribution in [2.24, 2.45) is 0 Å². The van der Waals surface area contributed by atoms with E-state index in [1.54, 1.807) is 13.2 Å². The summed E-state index contributed by atoms with van der Waals surface area (Å²) in [5.74, 6) is 0.743. The molecular formula is C14H14BrN3O. The number of hydrogen-bond donors (Lipinski definition) is 2. The Morgan fingerprint density at radius 1 is 1.21 bits per heavy atom. The largest absolute Gasteiger partial charge is 0.366 e. The summed E-state index contributed by atoms with van der Waals surface area (Å²) in [6.07, 6.45) is 1.75. The first-order valence-corrected chi connectivity index (χ1v) is 6.65. The lowest BCUT2D eigenvalue weighted by atomic mass is 10.1. The van der Waals surface area contributed by atoms with Crippen molar-refractivity contribution in [1.29, 1.82) is 0 Å². The van der Waals surface area contributed by atoms with E-state index < -0.39 is 0 Å². The molecule has 1 heterocycles. The standard InChI is InChI=1S/C14H14BrN3O/c1-16-14(19)11-4-2-10(3-5-11)8-17-13-7-6-12(15)9-18-13/h2-7,9H,8H2,1H3,(H,16,19)(H,17,18). The molecule has 1 amide bonds. The van der Waals surface area contributed by atoms with Crippen LogP contribution in [0, 0.1) is 0 Å². The normalized spacial score (nSPS) is 10.0. The van der Waals surface area contributed by atoms with Crippen molar-refractivity contribution in [3.8, 4) is 0 Å². The van der Waals surface area contributed by atoms with Crippen LogP contribution in [0.1, 0.15) is 15.9 Å². The number of carbonyl (C=O) groups is 1. The van der Waals surface area contributed by atoms with Crippen molar-refractivity contribution >= 4 is 27.7 Å². The molecule has 0 radical (unpaired) electrons. The molecule has 0 atom stereocenters. The minimum absolute atomic E-state index is 0.0749. The molecule has 0 aliphatic rings. The molecule has 2 aromatic rings. The average Bonchev–Trinajstić information content (AvgIpc) is 2.46. The predicted molar refractivity (Wildman–Crippen MR) is 79.1 cm³/mol.